The van der Waals surface area contributed by atoms with E-state index in [0.717, 1.165) is 0 Å². The lowest BCUT2D eigenvalue weighted by molar-refractivity contribution is -0.137. The van der Waals surface area contributed by atoms with E-state index in [2.05, 4.69) is 15.1 Å². The summed E-state index contributed by atoms with van der Waals surface area (Å²) in [5, 5.41) is 11.9. The monoisotopic (exact) mass is 288 g/mol. The number of halogens is 2. The summed E-state index contributed by atoms with van der Waals surface area (Å²) in [5.74, 6) is -1.77. The second-order valence-corrected chi connectivity index (χ2v) is 4.28. The third-order valence-corrected chi connectivity index (χ3v) is 2.72. The molecule has 0 fully saturated rings. The molecule has 0 atom stereocenters. The van der Waals surface area contributed by atoms with E-state index in [-0.39, 0.29) is 29.3 Å². The number of nitrogens with one attached hydrogen (secondary N) is 1. The minimum atomic E-state index is -0.900. The van der Waals surface area contributed by atoms with Crippen molar-refractivity contribution in [2.75, 3.05) is 0 Å². The fourth-order valence-corrected chi connectivity index (χ4v) is 1.90. The van der Waals surface area contributed by atoms with Gasteiger partial charge in [-0.2, -0.15) is 4.39 Å². The van der Waals surface area contributed by atoms with E-state index >= 15 is 0 Å². The number of rotatable bonds is 5. The molecular formula is C10H10ClFN4O3. The Morgan fingerprint density at radius 2 is 2.21 bits per heavy atom. The summed E-state index contributed by atoms with van der Waals surface area (Å²) in [7, 11) is 0. The van der Waals surface area contributed by atoms with Crippen molar-refractivity contribution in [1.82, 2.24) is 19.7 Å². The number of nitrogens with zero attached hydrogens (tertiary/aromatic N) is 3. The largest absolute Gasteiger partial charge is 0.481 e. The van der Waals surface area contributed by atoms with Crippen LogP contribution in [0.15, 0.2) is 4.79 Å². The van der Waals surface area contributed by atoms with Gasteiger partial charge in [0.05, 0.1) is 0 Å². The molecule has 0 radical (unpaired) electrons. The van der Waals surface area contributed by atoms with Gasteiger partial charge < -0.3 is 5.11 Å². The average molecular weight is 289 g/mol. The summed E-state index contributed by atoms with van der Waals surface area (Å²) in [6.07, 6.45) is 0.893. The first-order valence-electron chi connectivity index (χ1n) is 5.52. The van der Waals surface area contributed by atoms with Gasteiger partial charge in [-0.3, -0.25) is 19.3 Å². The van der Waals surface area contributed by atoms with Crippen LogP contribution >= 0.6 is 11.6 Å². The molecule has 0 aliphatic heterocycles. The SMILES string of the molecule is O=C(O)CCCCn1nc(F)c2nc(Cl)[nH]c(=O)c21. The lowest BCUT2D eigenvalue weighted by Gasteiger charge is -2.01. The van der Waals surface area contributed by atoms with Gasteiger partial charge in [-0.25, -0.2) is 4.98 Å². The molecule has 2 aromatic heterocycles. The predicted octanol–water partition coefficient (Wildman–Crippen LogP) is 1.17. The Kier molecular flexibility index (Phi) is 3.79. The van der Waals surface area contributed by atoms with Gasteiger partial charge in [0.25, 0.3) is 11.5 Å². The van der Waals surface area contributed by atoms with Gasteiger partial charge in [0.1, 0.15) is 0 Å². The number of carboxylic acids is 1. The molecule has 2 rings (SSSR count). The molecule has 0 amide bonds. The third kappa shape index (κ3) is 2.90. The molecule has 2 heterocycles. The van der Waals surface area contributed by atoms with Gasteiger partial charge in [-0.1, -0.05) is 0 Å². The van der Waals surface area contributed by atoms with Crippen LogP contribution in [0.1, 0.15) is 19.3 Å². The molecule has 0 aliphatic carbocycles. The summed E-state index contributed by atoms with van der Waals surface area (Å²) >= 11 is 5.53. The van der Waals surface area contributed by atoms with Gasteiger partial charge >= 0.3 is 5.97 Å². The Balaban J connectivity index is 2.24. The number of fused-ring (bicyclic) bond motifs is 1. The van der Waals surface area contributed by atoms with E-state index < -0.39 is 17.5 Å². The summed E-state index contributed by atoms with van der Waals surface area (Å²) in [6.45, 7) is 0.236. The Bertz CT molecular complexity index is 681. The van der Waals surface area contributed by atoms with Gasteiger partial charge in [0, 0.05) is 13.0 Å². The van der Waals surface area contributed by atoms with Crippen molar-refractivity contribution in [3.05, 3.63) is 21.6 Å². The maximum absolute atomic E-state index is 13.5. The molecule has 0 spiro atoms. The topological polar surface area (TPSA) is 101 Å². The molecular weight excluding hydrogens is 279 g/mol. The number of carbonyl (C=O) groups is 1. The third-order valence-electron chi connectivity index (χ3n) is 2.54. The zero-order valence-electron chi connectivity index (χ0n) is 9.69. The lowest BCUT2D eigenvalue weighted by Crippen LogP contribution is -2.13. The van der Waals surface area contributed by atoms with Crippen molar-refractivity contribution < 1.29 is 14.3 Å². The predicted molar refractivity (Wildman–Crippen MR) is 64.6 cm³/mol. The number of aryl methyl sites for hydroxylation is 1. The quantitative estimate of drug-likeness (QED) is 0.635. The average Bonchev–Trinajstić information content (AvgIpc) is 2.62. The zero-order chi connectivity index (χ0) is 14.0. The second-order valence-electron chi connectivity index (χ2n) is 3.92. The van der Waals surface area contributed by atoms with Crippen molar-refractivity contribution in [3.8, 4) is 0 Å². The highest BCUT2D eigenvalue weighted by atomic mass is 35.5. The van der Waals surface area contributed by atoms with Crippen molar-refractivity contribution in [3.63, 3.8) is 0 Å². The number of carboxylic acid groups (broad SMARTS) is 1. The van der Waals surface area contributed by atoms with Crippen molar-refractivity contribution in [1.29, 1.82) is 0 Å². The van der Waals surface area contributed by atoms with Gasteiger partial charge in [0.2, 0.25) is 5.28 Å². The van der Waals surface area contributed by atoms with Gasteiger partial charge in [-0.05, 0) is 24.4 Å². The highest BCUT2D eigenvalue weighted by molar-refractivity contribution is 6.28. The van der Waals surface area contributed by atoms with Crippen LogP contribution in [0.5, 0.6) is 0 Å². The van der Waals surface area contributed by atoms with Gasteiger partial charge in [-0.15, -0.1) is 5.10 Å². The molecule has 19 heavy (non-hydrogen) atoms. The molecule has 0 aromatic carbocycles. The second kappa shape index (κ2) is 5.35. The fraction of sp³-hybridized carbons (Fsp3) is 0.400. The van der Waals surface area contributed by atoms with Crippen LogP contribution in [0.25, 0.3) is 11.0 Å². The maximum Gasteiger partial charge on any atom is 0.303 e. The van der Waals surface area contributed by atoms with E-state index in [4.69, 9.17) is 16.7 Å². The summed E-state index contributed by atoms with van der Waals surface area (Å²) < 4.78 is 14.7. The fourth-order valence-electron chi connectivity index (χ4n) is 1.73. The van der Waals surface area contributed by atoms with E-state index in [1.165, 1.54) is 4.68 Å². The zero-order valence-corrected chi connectivity index (χ0v) is 10.4. The Morgan fingerprint density at radius 1 is 1.47 bits per heavy atom. The Labute approximate surface area is 111 Å². The van der Waals surface area contributed by atoms with Crippen LogP contribution in [0.2, 0.25) is 5.28 Å². The van der Waals surface area contributed by atoms with Crippen molar-refractivity contribution >= 4 is 28.6 Å². The van der Waals surface area contributed by atoms with Crippen molar-refractivity contribution in [2.45, 2.75) is 25.8 Å². The molecule has 102 valence electrons. The van der Waals surface area contributed by atoms with Crippen LogP contribution < -0.4 is 5.56 Å². The molecule has 0 unspecified atom stereocenters. The molecule has 0 saturated heterocycles. The number of aliphatic carboxylic acids is 1. The van der Waals surface area contributed by atoms with Crippen molar-refractivity contribution in [2.24, 2.45) is 0 Å². The van der Waals surface area contributed by atoms with Crippen LogP contribution in [-0.4, -0.2) is 30.8 Å². The Morgan fingerprint density at radius 3 is 2.89 bits per heavy atom. The highest BCUT2D eigenvalue weighted by Crippen LogP contribution is 2.13. The minimum absolute atomic E-state index is 0.00257. The van der Waals surface area contributed by atoms with E-state index in [9.17, 15) is 14.0 Å². The molecule has 2 N–H and O–H groups in total. The number of hydrogen-bond acceptors (Lipinski definition) is 4. The van der Waals surface area contributed by atoms with Crippen LogP contribution in [0.4, 0.5) is 4.39 Å². The Hall–Kier alpha value is -1.96. The standard InChI is InChI=1S/C10H10ClFN4O3/c11-10-13-6-7(9(19)14-10)16(15-8(6)12)4-2-1-3-5(17)18/h1-4H2,(H,17,18)(H,13,14,19). The normalized spacial score (nSPS) is 11.1. The summed E-state index contributed by atoms with van der Waals surface area (Å²) in [4.78, 5) is 28.0. The molecule has 9 heteroatoms. The van der Waals surface area contributed by atoms with Crippen LogP contribution in [-0.2, 0) is 11.3 Å². The first-order valence-corrected chi connectivity index (χ1v) is 5.90. The van der Waals surface area contributed by atoms with Crippen LogP contribution in [0, 0.1) is 5.95 Å². The smallest absolute Gasteiger partial charge is 0.303 e. The molecule has 2 aromatic rings. The lowest BCUT2D eigenvalue weighted by atomic mass is 10.2. The number of aromatic amines is 1. The highest BCUT2D eigenvalue weighted by Gasteiger charge is 2.15. The molecule has 0 saturated carbocycles. The van der Waals surface area contributed by atoms with E-state index in [1.54, 1.807) is 0 Å². The first kappa shape index (κ1) is 13.5. The summed E-state index contributed by atoms with van der Waals surface area (Å²) in [6, 6.07) is 0. The maximum atomic E-state index is 13.5. The van der Waals surface area contributed by atoms with Gasteiger partial charge in [0.15, 0.2) is 11.0 Å². The van der Waals surface area contributed by atoms with E-state index in [1.807, 2.05) is 0 Å². The minimum Gasteiger partial charge on any atom is -0.481 e. The van der Waals surface area contributed by atoms with E-state index in [0.29, 0.717) is 12.8 Å². The number of H-pyrrole nitrogens is 1. The number of aromatic nitrogens is 4. The summed E-state index contributed by atoms with van der Waals surface area (Å²) in [5.41, 5.74) is -0.770. The molecule has 0 bridgehead atoms. The number of hydrogen-bond donors (Lipinski definition) is 2. The number of unbranched alkanes of at least 4 members (excludes halogenated alkanes) is 1. The molecule has 7 nitrogen and oxygen atoms in total. The molecule has 0 aliphatic rings. The van der Waals surface area contributed by atoms with Crippen LogP contribution in [0.3, 0.4) is 0 Å². The first-order chi connectivity index (χ1) is 8.99.